The maximum Gasteiger partial charge on any atom is 0.123 e. The molecule has 0 unspecified atom stereocenters. The highest BCUT2D eigenvalue weighted by atomic mass is 16.5. The molecular formula is C18H23NO2. The zero-order valence-corrected chi connectivity index (χ0v) is 12.9. The smallest absolute Gasteiger partial charge is 0.123 e. The summed E-state index contributed by atoms with van der Waals surface area (Å²) >= 11 is 0. The third-order valence-corrected chi connectivity index (χ3v) is 3.55. The first-order valence-electron chi connectivity index (χ1n) is 7.17. The van der Waals surface area contributed by atoms with Crippen molar-refractivity contribution in [1.82, 2.24) is 5.32 Å². The topological polar surface area (TPSA) is 30.5 Å². The highest BCUT2D eigenvalue weighted by Crippen LogP contribution is 2.24. The van der Waals surface area contributed by atoms with Crippen LogP contribution in [0.2, 0.25) is 0 Å². The van der Waals surface area contributed by atoms with Crippen LogP contribution in [0.15, 0.2) is 48.5 Å². The van der Waals surface area contributed by atoms with E-state index in [9.17, 15) is 0 Å². The van der Waals surface area contributed by atoms with Crippen molar-refractivity contribution in [1.29, 1.82) is 0 Å². The lowest BCUT2D eigenvalue weighted by molar-refractivity contribution is 0.185. The van der Waals surface area contributed by atoms with Gasteiger partial charge < -0.3 is 14.8 Å². The van der Waals surface area contributed by atoms with Crippen LogP contribution in [0.5, 0.6) is 5.75 Å². The van der Waals surface area contributed by atoms with Crippen LogP contribution in [-0.2, 0) is 17.9 Å². The molecule has 0 aliphatic rings. The number of methoxy groups -OCH3 is 2. The van der Waals surface area contributed by atoms with Crippen molar-refractivity contribution in [3.63, 3.8) is 0 Å². The van der Waals surface area contributed by atoms with Crippen LogP contribution in [0, 0.1) is 0 Å². The Kier molecular flexibility index (Phi) is 5.78. The Morgan fingerprint density at radius 2 is 1.62 bits per heavy atom. The number of rotatable bonds is 7. The van der Waals surface area contributed by atoms with Crippen LogP contribution in [0.1, 0.15) is 29.7 Å². The van der Waals surface area contributed by atoms with Crippen LogP contribution in [-0.4, -0.2) is 14.2 Å². The average molecular weight is 285 g/mol. The number of ether oxygens (including phenoxy) is 2. The van der Waals surface area contributed by atoms with Gasteiger partial charge in [0, 0.05) is 25.3 Å². The molecule has 0 aliphatic carbocycles. The summed E-state index contributed by atoms with van der Waals surface area (Å²) in [6, 6.07) is 16.8. The van der Waals surface area contributed by atoms with E-state index in [1.165, 1.54) is 16.7 Å². The molecule has 0 heterocycles. The van der Waals surface area contributed by atoms with Crippen molar-refractivity contribution in [3.05, 3.63) is 65.2 Å². The van der Waals surface area contributed by atoms with Gasteiger partial charge in [0.1, 0.15) is 5.75 Å². The molecule has 0 aliphatic heterocycles. The van der Waals surface area contributed by atoms with E-state index in [2.05, 4.69) is 42.6 Å². The predicted molar refractivity (Wildman–Crippen MR) is 85.4 cm³/mol. The minimum atomic E-state index is 0.236. The molecule has 2 rings (SSSR count). The van der Waals surface area contributed by atoms with E-state index in [0.717, 1.165) is 12.3 Å². The van der Waals surface area contributed by atoms with Gasteiger partial charge in [-0.2, -0.15) is 0 Å². The molecule has 0 radical (unpaired) electrons. The molecule has 3 nitrogen and oxygen atoms in total. The van der Waals surface area contributed by atoms with Crippen molar-refractivity contribution < 1.29 is 9.47 Å². The van der Waals surface area contributed by atoms with Crippen molar-refractivity contribution in [2.24, 2.45) is 0 Å². The molecular weight excluding hydrogens is 262 g/mol. The number of nitrogens with one attached hydrogen (secondary N) is 1. The average Bonchev–Trinajstić information content (AvgIpc) is 2.54. The molecule has 3 heteroatoms. The molecule has 1 N–H and O–H groups in total. The molecule has 2 aromatic carbocycles. The number of hydrogen-bond donors (Lipinski definition) is 1. The minimum Gasteiger partial charge on any atom is -0.496 e. The van der Waals surface area contributed by atoms with Crippen molar-refractivity contribution >= 4 is 0 Å². The second-order valence-electron chi connectivity index (χ2n) is 5.09. The molecule has 0 bridgehead atoms. The first-order valence-corrected chi connectivity index (χ1v) is 7.17. The van der Waals surface area contributed by atoms with E-state index >= 15 is 0 Å². The maximum absolute atomic E-state index is 5.41. The summed E-state index contributed by atoms with van der Waals surface area (Å²) in [7, 11) is 3.42. The zero-order valence-electron chi connectivity index (χ0n) is 12.9. The van der Waals surface area contributed by atoms with E-state index in [4.69, 9.17) is 9.47 Å². The van der Waals surface area contributed by atoms with Gasteiger partial charge >= 0.3 is 0 Å². The van der Waals surface area contributed by atoms with Crippen molar-refractivity contribution in [2.75, 3.05) is 14.2 Å². The summed E-state index contributed by atoms with van der Waals surface area (Å²) in [6.07, 6.45) is 0. The fourth-order valence-corrected chi connectivity index (χ4v) is 2.33. The van der Waals surface area contributed by atoms with Crippen LogP contribution in [0.4, 0.5) is 0 Å². The second kappa shape index (κ2) is 7.81. The zero-order chi connectivity index (χ0) is 15.1. The number of benzene rings is 2. The Labute approximate surface area is 126 Å². The maximum atomic E-state index is 5.41. The predicted octanol–water partition coefficient (Wildman–Crippen LogP) is 3.69. The van der Waals surface area contributed by atoms with Gasteiger partial charge in [-0.1, -0.05) is 42.5 Å². The Morgan fingerprint density at radius 3 is 2.29 bits per heavy atom. The lowest BCUT2D eigenvalue weighted by atomic mass is 10.1. The van der Waals surface area contributed by atoms with Gasteiger partial charge in [0.25, 0.3) is 0 Å². The highest BCUT2D eigenvalue weighted by molar-refractivity contribution is 5.35. The van der Waals surface area contributed by atoms with Gasteiger partial charge in [0.2, 0.25) is 0 Å². The Hall–Kier alpha value is -1.84. The van der Waals surface area contributed by atoms with Crippen molar-refractivity contribution in [2.45, 2.75) is 26.1 Å². The van der Waals surface area contributed by atoms with Crippen LogP contribution < -0.4 is 10.1 Å². The van der Waals surface area contributed by atoms with Gasteiger partial charge in [-0.15, -0.1) is 0 Å². The summed E-state index contributed by atoms with van der Waals surface area (Å²) in [5, 5.41) is 3.53. The highest BCUT2D eigenvalue weighted by Gasteiger charge is 2.09. The molecule has 0 fully saturated rings. The fraction of sp³-hybridized carbons (Fsp3) is 0.333. The first-order chi connectivity index (χ1) is 10.2. The Morgan fingerprint density at radius 1 is 0.952 bits per heavy atom. The van der Waals surface area contributed by atoms with E-state index in [1.807, 2.05) is 18.2 Å². The minimum absolute atomic E-state index is 0.236. The Bertz CT molecular complexity index is 551. The quantitative estimate of drug-likeness (QED) is 0.841. The Balaban J connectivity index is 1.95. The fourth-order valence-electron chi connectivity index (χ4n) is 2.33. The molecule has 0 saturated heterocycles. The van der Waals surface area contributed by atoms with Gasteiger partial charge in [-0.3, -0.25) is 0 Å². The third kappa shape index (κ3) is 4.31. The summed E-state index contributed by atoms with van der Waals surface area (Å²) in [6.45, 7) is 3.63. The number of hydrogen-bond acceptors (Lipinski definition) is 3. The monoisotopic (exact) mass is 285 g/mol. The summed E-state index contributed by atoms with van der Waals surface area (Å²) in [4.78, 5) is 0. The SMILES string of the molecule is COCc1ccc(CN[C@@H](C)c2ccccc2OC)cc1. The van der Waals surface area contributed by atoms with Crippen LogP contribution >= 0.6 is 0 Å². The molecule has 112 valence electrons. The molecule has 0 spiro atoms. The van der Waals surface area contributed by atoms with Gasteiger partial charge in [0.15, 0.2) is 0 Å². The lowest BCUT2D eigenvalue weighted by Crippen LogP contribution is -2.18. The standard InChI is InChI=1S/C18H23NO2/c1-14(17-6-4-5-7-18(17)21-3)19-12-15-8-10-16(11-9-15)13-20-2/h4-11,14,19H,12-13H2,1-3H3/t14-/m0/s1. The molecule has 0 amide bonds. The number of para-hydroxylation sites is 1. The van der Waals surface area contributed by atoms with E-state index < -0.39 is 0 Å². The van der Waals surface area contributed by atoms with Gasteiger partial charge in [0.05, 0.1) is 13.7 Å². The van der Waals surface area contributed by atoms with E-state index in [0.29, 0.717) is 6.61 Å². The van der Waals surface area contributed by atoms with Gasteiger partial charge in [-0.25, -0.2) is 0 Å². The first kappa shape index (κ1) is 15.5. The normalized spacial score (nSPS) is 12.1. The molecule has 2 aromatic rings. The molecule has 0 saturated carbocycles. The van der Waals surface area contributed by atoms with E-state index in [-0.39, 0.29) is 6.04 Å². The third-order valence-electron chi connectivity index (χ3n) is 3.55. The van der Waals surface area contributed by atoms with Crippen LogP contribution in [0.3, 0.4) is 0 Å². The lowest BCUT2D eigenvalue weighted by Gasteiger charge is -2.17. The van der Waals surface area contributed by atoms with Crippen LogP contribution in [0.25, 0.3) is 0 Å². The summed E-state index contributed by atoms with van der Waals surface area (Å²) in [5.41, 5.74) is 3.63. The second-order valence-corrected chi connectivity index (χ2v) is 5.09. The summed E-state index contributed by atoms with van der Waals surface area (Å²) in [5.74, 6) is 0.924. The van der Waals surface area contributed by atoms with Gasteiger partial charge in [-0.05, 0) is 24.1 Å². The molecule has 21 heavy (non-hydrogen) atoms. The largest absolute Gasteiger partial charge is 0.496 e. The molecule has 0 aromatic heterocycles. The molecule has 1 atom stereocenters. The van der Waals surface area contributed by atoms with E-state index in [1.54, 1.807) is 14.2 Å². The summed E-state index contributed by atoms with van der Waals surface area (Å²) < 4.78 is 10.5. The van der Waals surface area contributed by atoms with Crippen molar-refractivity contribution in [3.8, 4) is 5.75 Å².